The van der Waals surface area contributed by atoms with Crippen molar-refractivity contribution >= 4 is 29.3 Å². The molecule has 2 heterocycles. The van der Waals surface area contributed by atoms with Gasteiger partial charge in [-0.05, 0) is 24.9 Å². The van der Waals surface area contributed by atoms with Crippen LogP contribution in [0.2, 0.25) is 5.15 Å². The van der Waals surface area contributed by atoms with E-state index in [9.17, 15) is 0 Å². The van der Waals surface area contributed by atoms with Crippen molar-refractivity contribution in [2.75, 3.05) is 0 Å². The topological polar surface area (TPSA) is 65.2 Å². The first-order valence-corrected chi connectivity index (χ1v) is 7.43. The zero-order chi connectivity index (χ0) is 14.5. The van der Waals surface area contributed by atoms with E-state index in [1.54, 1.807) is 17.9 Å². The van der Waals surface area contributed by atoms with Crippen LogP contribution in [0.1, 0.15) is 35.2 Å². The lowest BCUT2D eigenvalue weighted by Crippen LogP contribution is -1.93. The maximum atomic E-state index is 6.09. The van der Waals surface area contributed by atoms with E-state index in [0.717, 1.165) is 34.7 Å². The summed E-state index contributed by atoms with van der Waals surface area (Å²) < 4.78 is 5.54. The largest absolute Gasteiger partial charge is 0.390 e. The normalized spacial score (nSPS) is 11.4. The van der Waals surface area contributed by atoms with Gasteiger partial charge in [-0.1, -0.05) is 34.6 Å². The van der Waals surface area contributed by atoms with E-state index in [0.29, 0.717) is 11.8 Å². The van der Waals surface area contributed by atoms with Gasteiger partial charge < -0.3 is 4.84 Å². The minimum Gasteiger partial charge on any atom is -0.390 e. The number of halogens is 1. The van der Waals surface area contributed by atoms with E-state index < -0.39 is 0 Å². The highest BCUT2D eigenvalue weighted by Crippen LogP contribution is 2.17. The molecule has 6 nitrogen and oxygen atoms in total. The van der Waals surface area contributed by atoms with E-state index in [-0.39, 0.29) is 0 Å². The van der Waals surface area contributed by atoms with Gasteiger partial charge in [0.25, 0.3) is 0 Å². The molecule has 20 heavy (non-hydrogen) atoms. The Bertz CT molecular complexity index is 607. The Morgan fingerprint density at radius 1 is 1.50 bits per heavy atom. The summed E-state index contributed by atoms with van der Waals surface area (Å²) in [6, 6.07) is 0. The second-order valence-electron chi connectivity index (χ2n) is 4.31. The van der Waals surface area contributed by atoms with Gasteiger partial charge in [0.1, 0.15) is 5.15 Å². The predicted molar refractivity (Wildman–Crippen MR) is 79.2 cm³/mol. The van der Waals surface area contributed by atoms with Crippen molar-refractivity contribution in [3.63, 3.8) is 0 Å². The quantitative estimate of drug-likeness (QED) is 0.607. The van der Waals surface area contributed by atoms with E-state index in [4.69, 9.17) is 16.4 Å². The fourth-order valence-electron chi connectivity index (χ4n) is 1.74. The lowest BCUT2D eigenvalue weighted by atomic mass is 10.2. The molecular weight excluding hydrogens is 298 g/mol. The molecule has 2 aromatic heterocycles. The Kier molecular flexibility index (Phi) is 5.08. The van der Waals surface area contributed by atoms with E-state index in [1.807, 2.05) is 6.92 Å². The summed E-state index contributed by atoms with van der Waals surface area (Å²) in [4.78, 5) is 6.30. The van der Waals surface area contributed by atoms with E-state index >= 15 is 0 Å². The van der Waals surface area contributed by atoms with Crippen molar-refractivity contribution in [1.82, 2.24) is 19.4 Å². The molecule has 8 heteroatoms. The molecule has 0 saturated heterocycles. The Hall–Kier alpha value is -1.47. The molecule has 2 aromatic rings. The molecule has 0 atom stereocenters. The van der Waals surface area contributed by atoms with E-state index in [2.05, 4.69) is 26.8 Å². The lowest BCUT2D eigenvalue weighted by molar-refractivity contribution is 0.133. The number of aryl methyl sites for hydroxylation is 3. The first-order valence-electron chi connectivity index (χ1n) is 6.28. The third-order valence-corrected chi connectivity index (χ3v) is 3.95. The van der Waals surface area contributed by atoms with Gasteiger partial charge in [0.15, 0.2) is 6.61 Å². The molecule has 0 aliphatic rings. The molecule has 0 aliphatic heterocycles. The highest BCUT2D eigenvalue weighted by Gasteiger charge is 2.09. The Morgan fingerprint density at radius 2 is 2.30 bits per heavy atom. The second-order valence-corrected chi connectivity index (χ2v) is 5.51. The summed E-state index contributed by atoms with van der Waals surface area (Å²) in [5.74, 6) is 0. The Labute approximate surface area is 126 Å². The van der Waals surface area contributed by atoms with Gasteiger partial charge in [-0.2, -0.15) is 5.10 Å². The van der Waals surface area contributed by atoms with Crippen LogP contribution < -0.4 is 0 Å². The molecule has 0 amide bonds. The molecular formula is C12H16ClN5OS. The number of hydrogen-bond acceptors (Lipinski definition) is 6. The highest BCUT2D eigenvalue weighted by atomic mass is 35.5. The molecule has 0 N–H and O–H groups in total. The van der Waals surface area contributed by atoms with Crippen molar-refractivity contribution < 1.29 is 4.84 Å². The molecule has 0 fully saturated rings. The number of oxime groups is 1. The van der Waals surface area contributed by atoms with Gasteiger partial charge in [0.2, 0.25) is 0 Å². The van der Waals surface area contributed by atoms with Gasteiger partial charge in [-0.3, -0.25) is 4.68 Å². The molecule has 2 rings (SSSR count). The van der Waals surface area contributed by atoms with Crippen LogP contribution in [-0.4, -0.2) is 25.6 Å². The third-order valence-electron chi connectivity index (χ3n) is 2.77. The predicted octanol–water partition coefficient (Wildman–Crippen LogP) is 2.74. The fraction of sp³-hybridized carbons (Fsp3) is 0.500. The molecule has 0 saturated carbocycles. The van der Waals surface area contributed by atoms with Crippen LogP contribution in [0.5, 0.6) is 0 Å². The molecule has 0 bridgehead atoms. The summed E-state index contributed by atoms with van der Waals surface area (Å²) >= 11 is 7.44. The van der Waals surface area contributed by atoms with Gasteiger partial charge >= 0.3 is 0 Å². The van der Waals surface area contributed by atoms with Crippen LogP contribution in [0.4, 0.5) is 0 Å². The van der Waals surface area contributed by atoms with Gasteiger partial charge in [0.05, 0.1) is 28.0 Å². The average Bonchev–Trinajstić information content (AvgIpc) is 2.94. The summed E-state index contributed by atoms with van der Waals surface area (Å²) in [5.41, 5.74) is 2.57. The summed E-state index contributed by atoms with van der Waals surface area (Å²) in [6.07, 6.45) is 3.53. The summed E-state index contributed by atoms with van der Waals surface area (Å²) in [6.45, 7) is 4.36. The van der Waals surface area contributed by atoms with Crippen LogP contribution in [-0.2, 0) is 24.9 Å². The van der Waals surface area contributed by atoms with Crippen LogP contribution in [0.25, 0.3) is 0 Å². The summed E-state index contributed by atoms with van der Waals surface area (Å²) in [7, 11) is 1.79. The summed E-state index contributed by atoms with van der Waals surface area (Å²) in [5, 5.41) is 12.8. The Balaban J connectivity index is 1.95. The zero-order valence-corrected chi connectivity index (χ0v) is 13.2. The van der Waals surface area contributed by atoms with Crippen LogP contribution in [0.15, 0.2) is 5.16 Å². The van der Waals surface area contributed by atoms with Gasteiger partial charge in [-0.25, -0.2) is 0 Å². The van der Waals surface area contributed by atoms with Crippen LogP contribution in [0.3, 0.4) is 0 Å². The van der Waals surface area contributed by atoms with Gasteiger partial charge in [0, 0.05) is 7.05 Å². The van der Waals surface area contributed by atoms with Crippen molar-refractivity contribution in [3.05, 3.63) is 27.0 Å². The first-order chi connectivity index (χ1) is 9.63. The highest BCUT2D eigenvalue weighted by molar-refractivity contribution is 7.05. The molecule has 108 valence electrons. The number of aromatic nitrogens is 4. The monoisotopic (exact) mass is 313 g/mol. The van der Waals surface area contributed by atoms with Gasteiger partial charge in [-0.15, -0.1) is 5.10 Å². The van der Waals surface area contributed by atoms with Crippen molar-refractivity contribution in [2.24, 2.45) is 12.2 Å². The second kappa shape index (κ2) is 6.81. The third kappa shape index (κ3) is 3.34. The lowest BCUT2D eigenvalue weighted by Gasteiger charge is -1.98. The van der Waals surface area contributed by atoms with E-state index in [1.165, 1.54) is 11.5 Å². The maximum absolute atomic E-state index is 6.09. The van der Waals surface area contributed by atoms with Crippen molar-refractivity contribution in [1.29, 1.82) is 0 Å². The molecule has 0 radical (unpaired) electrons. The molecule has 0 aliphatic carbocycles. The number of rotatable bonds is 6. The molecule has 0 unspecified atom stereocenters. The Morgan fingerprint density at radius 3 is 2.95 bits per heavy atom. The molecule has 0 aromatic carbocycles. The zero-order valence-electron chi connectivity index (χ0n) is 11.6. The molecule has 0 spiro atoms. The first kappa shape index (κ1) is 14.9. The SMILES string of the molecule is CCCc1nnsc1CO/N=C/c1c(C)nn(C)c1Cl. The average molecular weight is 314 g/mol. The smallest absolute Gasteiger partial charge is 0.154 e. The fourth-order valence-corrected chi connectivity index (χ4v) is 2.56. The maximum Gasteiger partial charge on any atom is 0.154 e. The van der Waals surface area contributed by atoms with Crippen LogP contribution in [0, 0.1) is 6.92 Å². The number of hydrogen-bond donors (Lipinski definition) is 0. The van der Waals surface area contributed by atoms with Crippen molar-refractivity contribution in [3.8, 4) is 0 Å². The minimum absolute atomic E-state index is 0.375. The van der Waals surface area contributed by atoms with Crippen molar-refractivity contribution in [2.45, 2.75) is 33.3 Å². The van der Waals surface area contributed by atoms with Crippen LogP contribution >= 0.6 is 23.1 Å². The number of nitrogens with zero attached hydrogens (tertiary/aromatic N) is 5. The minimum atomic E-state index is 0.375. The standard InChI is InChI=1S/C12H16ClN5OS/c1-4-5-10-11(20-17-15-10)7-19-14-6-9-8(2)16-18(3)12(9)13/h6H,4-5,7H2,1-3H3/b14-6+.